The van der Waals surface area contributed by atoms with E-state index >= 15 is 0 Å². The smallest absolute Gasteiger partial charge is 0.272 e. The molecule has 1 aromatic rings. The van der Waals surface area contributed by atoms with Crippen LogP contribution in [0.25, 0.3) is 0 Å². The maximum Gasteiger partial charge on any atom is 0.272 e. The molecule has 2 N–H and O–H groups in total. The molecule has 0 spiro atoms. The highest BCUT2D eigenvalue weighted by molar-refractivity contribution is 5.44. The van der Waals surface area contributed by atoms with Gasteiger partial charge in [-0.2, -0.15) is 0 Å². The molecule has 5 heteroatoms. The lowest BCUT2D eigenvalue weighted by molar-refractivity contribution is -0.385. The Kier molecular flexibility index (Phi) is 4.11. The zero-order valence-corrected chi connectivity index (χ0v) is 12.4. The van der Waals surface area contributed by atoms with Crippen LogP contribution < -0.4 is 5.73 Å². The molecular formula is C15H23N3O2. The molecule has 1 atom stereocenters. The summed E-state index contributed by atoms with van der Waals surface area (Å²) in [6.07, 6.45) is 0.973. The SMILES string of the molecule is Cc1c(CN2CCC(N)C(C)(C)C2)cccc1[N+](=O)[O-]. The van der Waals surface area contributed by atoms with Crippen LogP contribution in [-0.4, -0.2) is 29.0 Å². The second-order valence-corrected chi connectivity index (χ2v) is 6.41. The van der Waals surface area contributed by atoms with Crippen LogP contribution in [0, 0.1) is 22.5 Å². The van der Waals surface area contributed by atoms with E-state index in [1.165, 1.54) is 0 Å². The van der Waals surface area contributed by atoms with E-state index in [0.29, 0.717) is 0 Å². The zero-order valence-electron chi connectivity index (χ0n) is 12.4. The monoisotopic (exact) mass is 277 g/mol. The van der Waals surface area contributed by atoms with Crippen LogP contribution in [0.15, 0.2) is 18.2 Å². The molecule has 0 radical (unpaired) electrons. The standard InChI is InChI=1S/C15H23N3O2/c1-11-12(5-4-6-13(11)18(19)20)9-17-8-7-14(16)15(2,3)10-17/h4-6,14H,7-10,16H2,1-3H3. The Morgan fingerprint density at radius 2 is 2.20 bits per heavy atom. The molecule has 20 heavy (non-hydrogen) atoms. The zero-order chi connectivity index (χ0) is 14.9. The van der Waals surface area contributed by atoms with Crippen LogP contribution in [0.5, 0.6) is 0 Å². The molecule has 1 aliphatic rings. The first-order valence-electron chi connectivity index (χ1n) is 7.02. The van der Waals surface area contributed by atoms with Gasteiger partial charge in [-0.1, -0.05) is 26.0 Å². The minimum absolute atomic E-state index is 0.0901. The molecule has 1 fully saturated rings. The predicted molar refractivity (Wildman–Crippen MR) is 79.5 cm³/mol. The summed E-state index contributed by atoms with van der Waals surface area (Å²) in [6, 6.07) is 5.53. The Morgan fingerprint density at radius 1 is 1.50 bits per heavy atom. The Labute approximate surface area is 119 Å². The number of benzene rings is 1. The van der Waals surface area contributed by atoms with Gasteiger partial charge in [0.2, 0.25) is 0 Å². The van der Waals surface area contributed by atoms with E-state index in [2.05, 4.69) is 18.7 Å². The van der Waals surface area contributed by atoms with Crippen molar-refractivity contribution in [1.82, 2.24) is 4.90 Å². The van der Waals surface area contributed by atoms with Gasteiger partial charge in [-0.25, -0.2) is 0 Å². The largest absolute Gasteiger partial charge is 0.327 e. The van der Waals surface area contributed by atoms with Crippen LogP contribution >= 0.6 is 0 Å². The van der Waals surface area contributed by atoms with E-state index in [9.17, 15) is 10.1 Å². The quantitative estimate of drug-likeness (QED) is 0.680. The lowest BCUT2D eigenvalue weighted by Crippen LogP contribution is -2.52. The Morgan fingerprint density at radius 3 is 2.80 bits per heavy atom. The Hall–Kier alpha value is -1.46. The first-order chi connectivity index (χ1) is 9.31. The summed E-state index contributed by atoms with van der Waals surface area (Å²) in [5.74, 6) is 0. The number of rotatable bonds is 3. The lowest BCUT2D eigenvalue weighted by atomic mass is 9.79. The molecule has 0 saturated carbocycles. The molecule has 1 saturated heterocycles. The van der Waals surface area contributed by atoms with Crippen molar-refractivity contribution in [2.45, 2.75) is 39.8 Å². The van der Waals surface area contributed by atoms with Gasteiger partial charge >= 0.3 is 0 Å². The van der Waals surface area contributed by atoms with Crippen molar-refractivity contribution in [3.8, 4) is 0 Å². The van der Waals surface area contributed by atoms with Gasteiger partial charge in [0.1, 0.15) is 0 Å². The molecule has 0 aromatic heterocycles. The minimum atomic E-state index is -0.311. The summed E-state index contributed by atoms with van der Waals surface area (Å²) in [5.41, 5.74) is 8.24. The fraction of sp³-hybridized carbons (Fsp3) is 0.600. The Bertz CT molecular complexity index is 514. The fourth-order valence-corrected chi connectivity index (χ4v) is 2.90. The van der Waals surface area contributed by atoms with E-state index in [0.717, 1.165) is 37.2 Å². The summed E-state index contributed by atoms with van der Waals surface area (Å²) in [7, 11) is 0. The average Bonchev–Trinajstić information content (AvgIpc) is 2.35. The molecular weight excluding hydrogens is 254 g/mol. The number of likely N-dealkylation sites (tertiary alicyclic amines) is 1. The second kappa shape index (κ2) is 5.50. The number of nitro groups is 1. The van der Waals surface area contributed by atoms with Crippen LogP contribution in [-0.2, 0) is 6.54 Å². The molecule has 5 nitrogen and oxygen atoms in total. The van der Waals surface area contributed by atoms with Crippen LogP contribution in [0.2, 0.25) is 0 Å². The summed E-state index contributed by atoms with van der Waals surface area (Å²) >= 11 is 0. The number of hydrogen-bond acceptors (Lipinski definition) is 4. The van der Waals surface area contributed by atoms with Crippen molar-refractivity contribution in [2.24, 2.45) is 11.1 Å². The van der Waals surface area contributed by atoms with Gasteiger partial charge < -0.3 is 5.73 Å². The van der Waals surface area contributed by atoms with Gasteiger partial charge in [-0.3, -0.25) is 15.0 Å². The third-order valence-corrected chi connectivity index (χ3v) is 4.40. The molecule has 1 aliphatic heterocycles. The van der Waals surface area contributed by atoms with Crippen molar-refractivity contribution in [1.29, 1.82) is 0 Å². The number of nitro benzene ring substituents is 1. The highest BCUT2D eigenvalue weighted by atomic mass is 16.6. The van der Waals surface area contributed by atoms with Crippen molar-refractivity contribution in [2.75, 3.05) is 13.1 Å². The average molecular weight is 277 g/mol. The molecule has 1 heterocycles. The molecule has 110 valence electrons. The van der Waals surface area contributed by atoms with Gasteiger partial charge in [0.25, 0.3) is 5.69 Å². The molecule has 1 aromatic carbocycles. The van der Waals surface area contributed by atoms with E-state index in [-0.39, 0.29) is 22.1 Å². The third-order valence-electron chi connectivity index (χ3n) is 4.40. The fourth-order valence-electron chi connectivity index (χ4n) is 2.90. The van der Waals surface area contributed by atoms with E-state index in [1.807, 2.05) is 13.0 Å². The highest BCUT2D eigenvalue weighted by Gasteiger charge is 2.33. The maximum absolute atomic E-state index is 11.0. The second-order valence-electron chi connectivity index (χ2n) is 6.41. The first-order valence-corrected chi connectivity index (χ1v) is 7.02. The maximum atomic E-state index is 11.0. The van der Waals surface area contributed by atoms with Gasteiger partial charge in [0, 0.05) is 37.3 Å². The molecule has 0 aliphatic carbocycles. The number of hydrogen-bond donors (Lipinski definition) is 1. The predicted octanol–water partition coefficient (Wildman–Crippen LogP) is 2.46. The number of nitrogens with zero attached hydrogens (tertiary/aromatic N) is 2. The van der Waals surface area contributed by atoms with Crippen molar-refractivity contribution < 1.29 is 4.92 Å². The summed E-state index contributed by atoms with van der Waals surface area (Å²) in [5, 5.41) is 11.0. The van der Waals surface area contributed by atoms with Crippen LogP contribution in [0.1, 0.15) is 31.4 Å². The van der Waals surface area contributed by atoms with E-state index in [1.54, 1.807) is 12.1 Å². The highest BCUT2D eigenvalue weighted by Crippen LogP contribution is 2.30. The van der Waals surface area contributed by atoms with Gasteiger partial charge in [0.05, 0.1) is 4.92 Å². The minimum Gasteiger partial charge on any atom is -0.327 e. The summed E-state index contributed by atoms with van der Waals surface area (Å²) < 4.78 is 0. The normalized spacial score (nSPS) is 22.7. The summed E-state index contributed by atoms with van der Waals surface area (Å²) in [4.78, 5) is 13.0. The van der Waals surface area contributed by atoms with Crippen LogP contribution in [0.4, 0.5) is 5.69 Å². The van der Waals surface area contributed by atoms with Gasteiger partial charge in [-0.15, -0.1) is 0 Å². The van der Waals surface area contributed by atoms with Crippen LogP contribution in [0.3, 0.4) is 0 Å². The third kappa shape index (κ3) is 2.99. The van der Waals surface area contributed by atoms with E-state index < -0.39 is 0 Å². The van der Waals surface area contributed by atoms with E-state index in [4.69, 9.17) is 5.73 Å². The topological polar surface area (TPSA) is 72.4 Å². The summed E-state index contributed by atoms with van der Waals surface area (Å²) in [6.45, 7) is 8.83. The Balaban J connectivity index is 2.15. The number of nitrogens with two attached hydrogens (primary N) is 1. The molecule has 0 bridgehead atoms. The first kappa shape index (κ1) is 14.9. The van der Waals surface area contributed by atoms with Gasteiger partial charge in [-0.05, 0) is 24.3 Å². The van der Waals surface area contributed by atoms with Crippen molar-refractivity contribution in [3.05, 3.63) is 39.4 Å². The molecule has 1 unspecified atom stereocenters. The van der Waals surface area contributed by atoms with Crippen molar-refractivity contribution in [3.63, 3.8) is 0 Å². The lowest BCUT2D eigenvalue weighted by Gasteiger charge is -2.42. The van der Waals surface area contributed by atoms with Gasteiger partial charge in [0.15, 0.2) is 0 Å². The number of piperidine rings is 1. The molecule has 0 amide bonds. The molecule has 2 rings (SSSR count). The van der Waals surface area contributed by atoms with Crippen molar-refractivity contribution >= 4 is 5.69 Å².